The summed E-state index contributed by atoms with van der Waals surface area (Å²) in [5, 5.41) is 3.47. The van der Waals surface area contributed by atoms with Gasteiger partial charge in [0.1, 0.15) is 5.75 Å². The molecule has 0 atom stereocenters. The van der Waals surface area contributed by atoms with Gasteiger partial charge in [0.15, 0.2) is 5.96 Å². The quantitative estimate of drug-likeness (QED) is 0.670. The Hall–Kier alpha value is -1.71. The van der Waals surface area contributed by atoms with Crippen LogP contribution < -0.4 is 10.1 Å². The highest BCUT2D eigenvalue weighted by atomic mass is 16.5. The smallest absolute Gasteiger partial charge is 0.193 e. The number of rotatable bonds is 5. The highest BCUT2D eigenvalue weighted by Crippen LogP contribution is 2.47. The third-order valence-corrected chi connectivity index (χ3v) is 5.31. The third-order valence-electron chi connectivity index (χ3n) is 5.31. The van der Waals surface area contributed by atoms with E-state index in [1.165, 1.54) is 37.8 Å². The number of ether oxygens (including phenoxy) is 1. The molecule has 126 valence electrons. The van der Waals surface area contributed by atoms with Gasteiger partial charge in [-0.05, 0) is 55.7 Å². The van der Waals surface area contributed by atoms with E-state index in [-0.39, 0.29) is 0 Å². The monoisotopic (exact) mass is 315 g/mol. The Morgan fingerprint density at radius 1 is 1.26 bits per heavy atom. The lowest BCUT2D eigenvalue weighted by Crippen LogP contribution is -2.42. The molecule has 1 heterocycles. The van der Waals surface area contributed by atoms with Crippen molar-refractivity contribution in [2.45, 2.75) is 39.0 Å². The summed E-state index contributed by atoms with van der Waals surface area (Å²) in [4.78, 5) is 7.33. The zero-order chi connectivity index (χ0) is 16.1. The molecule has 0 bridgehead atoms. The molecule has 2 fully saturated rings. The van der Waals surface area contributed by atoms with Gasteiger partial charge in [-0.2, -0.15) is 0 Å². The second kappa shape index (κ2) is 7.24. The van der Waals surface area contributed by atoms with Crippen LogP contribution in [-0.4, -0.2) is 44.1 Å². The SMILES string of the molecule is CCNC(=NCCc1ccc(OC)cc1)N1CCC2(CCC2)C1. The Bertz CT molecular complexity index is 534. The molecule has 0 aromatic heterocycles. The molecule has 1 aromatic rings. The van der Waals surface area contributed by atoms with E-state index in [9.17, 15) is 0 Å². The fourth-order valence-electron chi connectivity index (χ4n) is 3.71. The van der Waals surface area contributed by atoms with Gasteiger partial charge >= 0.3 is 0 Å². The topological polar surface area (TPSA) is 36.9 Å². The number of likely N-dealkylation sites (tertiary alicyclic amines) is 1. The number of nitrogens with zero attached hydrogens (tertiary/aromatic N) is 2. The highest BCUT2D eigenvalue weighted by Gasteiger charge is 2.43. The summed E-state index contributed by atoms with van der Waals surface area (Å²) in [6.07, 6.45) is 6.55. The molecule has 1 N–H and O–H groups in total. The molecule has 1 spiro atoms. The first-order valence-electron chi connectivity index (χ1n) is 8.91. The fourth-order valence-corrected chi connectivity index (χ4v) is 3.71. The van der Waals surface area contributed by atoms with Crippen molar-refractivity contribution in [3.63, 3.8) is 0 Å². The Kier molecular flexibility index (Phi) is 5.09. The third kappa shape index (κ3) is 3.80. The lowest BCUT2D eigenvalue weighted by molar-refractivity contribution is 0.151. The summed E-state index contributed by atoms with van der Waals surface area (Å²) in [5.41, 5.74) is 1.92. The molecule has 4 nitrogen and oxygen atoms in total. The van der Waals surface area contributed by atoms with Crippen LogP contribution in [0.5, 0.6) is 5.75 Å². The second-order valence-corrected chi connectivity index (χ2v) is 6.86. The molecule has 2 aliphatic rings. The molecular formula is C19H29N3O. The Morgan fingerprint density at radius 2 is 2.04 bits per heavy atom. The van der Waals surface area contributed by atoms with E-state index in [0.29, 0.717) is 5.41 Å². The predicted octanol–water partition coefficient (Wildman–Crippen LogP) is 3.08. The summed E-state index contributed by atoms with van der Waals surface area (Å²) in [5.74, 6) is 2.01. The average Bonchev–Trinajstić information content (AvgIpc) is 3.00. The first kappa shape index (κ1) is 16.2. The molecule has 1 aromatic carbocycles. The zero-order valence-corrected chi connectivity index (χ0v) is 14.5. The van der Waals surface area contributed by atoms with Crippen LogP contribution in [0, 0.1) is 5.41 Å². The molecule has 1 saturated carbocycles. The Labute approximate surface area is 139 Å². The van der Waals surface area contributed by atoms with Crippen LogP contribution in [0.4, 0.5) is 0 Å². The largest absolute Gasteiger partial charge is 0.497 e. The van der Waals surface area contributed by atoms with Crippen LogP contribution in [0.25, 0.3) is 0 Å². The van der Waals surface area contributed by atoms with Crippen molar-refractivity contribution in [1.82, 2.24) is 10.2 Å². The molecule has 3 rings (SSSR count). The van der Waals surface area contributed by atoms with E-state index in [0.717, 1.165) is 37.8 Å². The molecule has 0 radical (unpaired) electrons. The first-order valence-corrected chi connectivity index (χ1v) is 8.91. The van der Waals surface area contributed by atoms with Crippen LogP contribution in [0.15, 0.2) is 29.3 Å². The van der Waals surface area contributed by atoms with Gasteiger partial charge in [-0.25, -0.2) is 0 Å². The van der Waals surface area contributed by atoms with Gasteiger partial charge in [0.05, 0.1) is 7.11 Å². The van der Waals surface area contributed by atoms with Gasteiger partial charge in [-0.1, -0.05) is 18.6 Å². The molecule has 1 aliphatic heterocycles. The van der Waals surface area contributed by atoms with E-state index in [2.05, 4.69) is 29.3 Å². The van der Waals surface area contributed by atoms with Crippen molar-refractivity contribution < 1.29 is 4.74 Å². The standard InChI is InChI=1S/C19H29N3O/c1-3-20-18(22-14-12-19(15-22)10-4-11-19)21-13-9-16-5-7-17(23-2)8-6-16/h5-8H,3-4,9-15H2,1-2H3,(H,20,21). The summed E-state index contributed by atoms with van der Waals surface area (Å²) >= 11 is 0. The lowest BCUT2D eigenvalue weighted by atomic mass is 9.68. The van der Waals surface area contributed by atoms with Crippen molar-refractivity contribution in [3.8, 4) is 5.75 Å². The molecule has 0 unspecified atom stereocenters. The van der Waals surface area contributed by atoms with Gasteiger partial charge in [-0.15, -0.1) is 0 Å². The minimum atomic E-state index is 0.617. The van der Waals surface area contributed by atoms with E-state index < -0.39 is 0 Å². The Balaban J connectivity index is 1.56. The molecule has 1 saturated heterocycles. The maximum absolute atomic E-state index is 5.20. The number of nitrogens with one attached hydrogen (secondary N) is 1. The van der Waals surface area contributed by atoms with Crippen molar-refractivity contribution in [3.05, 3.63) is 29.8 Å². The highest BCUT2D eigenvalue weighted by molar-refractivity contribution is 5.80. The van der Waals surface area contributed by atoms with Crippen molar-refractivity contribution in [2.24, 2.45) is 10.4 Å². The van der Waals surface area contributed by atoms with E-state index in [1.807, 2.05) is 12.1 Å². The summed E-state index contributed by atoms with van der Waals surface area (Å²) in [6, 6.07) is 8.29. The van der Waals surface area contributed by atoms with Gasteiger partial charge < -0.3 is 15.0 Å². The summed E-state index contributed by atoms with van der Waals surface area (Å²) in [7, 11) is 1.70. The van der Waals surface area contributed by atoms with Crippen LogP contribution >= 0.6 is 0 Å². The number of guanidine groups is 1. The zero-order valence-electron chi connectivity index (χ0n) is 14.5. The van der Waals surface area contributed by atoms with Gasteiger partial charge in [0, 0.05) is 26.2 Å². The van der Waals surface area contributed by atoms with Crippen molar-refractivity contribution >= 4 is 5.96 Å². The normalized spacial score (nSPS) is 19.7. The number of benzene rings is 1. The number of hydrogen-bond acceptors (Lipinski definition) is 2. The maximum atomic E-state index is 5.20. The first-order chi connectivity index (χ1) is 11.2. The number of hydrogen-bond donors (Lipinski definition) is 1. The molecule has 0 amide bonds. The van der Waals surface area contributed by atoms with E-state index in [4.69, 9.17) is 9.73 Å². The Morgan fingerprint density at radius 3 is 2.61 bits per heavy atom. The lowest BCUT2D eigenvalue weighted by Gasteiger charge is -2.38. The number of methoxy groups -OCH3 is 1. The second-order valence-electron chi connectivity index (χ2n) is 6.86. The van der Waals surface area contributed by atoms with Gasteiger partial charge in [0.25, 0.3) is 0 Å². The van der Waals surface area contributed by atoms with E-state index in [1.54, 1.807) is 7.11 Å². The predicted molar refractivity (Wildman–Crippen MR) is 95.2 cm³/mol. The summed E-state index contributed by atoms with van der Waals surface area (Å²) in [6.45, 7) is 6.27. The minimum Gasteiger partial charge on any atom is -0.497 e. The maximum Gasteiger partial charge on any atom is 0.193 e. The molecular weight excluding hydrogens is 286 g/mol. The van der Waals surface area contributed by atoms with Crippen molar-refractivity contribution in [2.75, 3.05) is 33.3 Å². The fraction of sp³-hybridized carbons (Fsp3) is 0.632. The average molecular weight is 315 g/mol. The molecule has 23 heavy (non-hydrogen) atoms. The molecule has 4 heteroatoms. The summed E-state index contributed by atoms with van der Waals surface area (Å²) < 4.78 is 5.20. The minimum absolute atomic E-state index is 0.617. The van der Waals surface area contributed by atoms with Crippen LogP contribution in [-0.2, 0) is 6.42 Å². The van der Waals surface area contributed by atoms with E-state index >= 15 is 0 Å². The van der Waals surface area contributed by atoms with Crippen LogP contribution in [0.1, 0.15) is 38.2 Å². The van der Waals surface area contributed by atoms with Crippen LogP contribution in [0.2, 0.25) is 0 Å². The van der Waals surface area contributed by atoms with Gasteiger partial charge in [0.2, 0.25) is 0 Å². The number of aliphatic imine (C=N–C) groups is 1. The van der Waals surface area contributed by atoms with Crippen molar-refractivity contribution in [1.29, 1.82) is 0 Å². The van der Waals surface area contributed by atoms with Crippen LogP contribution in [0.3, 0.4) is 0 Å². The van der Waals surface area contributed by atoms with Gasteiger partial charge in [-0.3, -0.25) is 4.99 Å². The molecule has 1 aliphatic carbocycles.